The maximum absolute atomic E-state index is 11.8. The SMILES string of the molecule is CC1CC(C)CC(OCC(=O)N(C)CCCN)C1. The van der Waals surface area contributed by atoms with E-state index in [1.165, 1.54) is 6.42 Å². The Morgan fingerprint density at radius 3 is 2.44 bits per heavy atom. The fourth-order valence-electron chi connectivity index (χ4n) is 2.76. The minimum Gasteiger partial charge on any atom is -0.368 e. The first-order valence-corrected chi connectivity index (χ1v) is 7.08. The molecule has 0 aliphatic heterocycles. The van der Waals surface area contributed by atoms with Crippen LogP contribution >= 0.6 is 0 Å². The van der Waals surface area contributed by atoms with Crippen LogP contribution in [-0.4, -0.2) is 43.7 Å². The highest BCUT2D eigenvalue weighted by molar-refractivity contribution is 5.77. The highest BCUT2D eigenvalue weighted by atomic mass is 16.5. The largest absolute Gasteiger partial charge is 0.368 e. The Kier molecular flexibility index (Phi) is 6.65. The first-order chi connectivity index (χ1) is 8.52. The second-order valence-corrected chi connectivity index (χ2v) is 5.81. The van der Waals surface area contributed by atoms with Gasteiger partial charge in [-0.1, -0.05) is 13.8 Å². The van der Waals surface area contributed by atoms with Crippen molar-refractivity contribution in [2.45, 2.75) is 45.6 Å². The second kappa shape index (κ2) is 7.74. The van der Waals surface area contributed by atoms with E-state index in [-0.39, 0.29) is 18.6 Å². The van der Waals surface area contributed by atoms with Gasteiger partial charge in [0.25, 0.3) is 0 Å². The van der Waals surface area contributed by atoms with E-state index in [1.807, 2.05) is 7.05 Å². The summed E-state index contributed by atoms with van der Waals surface area (Å²) in [6.07, 6.45) is 4.56. The lowest BCUT2D eigenvalue weighted by Gasteiger charge is -2.31. The van der Waals surface area contributed by atoms with Crippen LogP contribution in [0.1, 0.15) is 39.5 Å². The molecule has 0 aromatic heterocycles. The number of hydrogen-bond donors (Lipinski definition) is 1. The van der Waals surface area contributed by atoms with Crippen LogP contribution in [0.15, 0.2) is 0 Å². The van der Waals surface area contributed by atoms with E-state index in [2.05, 4.69) is 13.8 Å². The normalized spacial score (nSPS) is 28.1. The summed E-state index contributed by atoms with van der Waals surface area (Å²) in [4.78, 5) is 13.5. The monoisotopic (exact) mass is 256 g/mol. The maximum atomic E-state index is 11.8. The molecule has 1 saturated carbocycles. The van der Waals surface area contributed by atoms with E-state index in [0.717, 1.165) is 25.8 Å². The Labute approximate surface area is 111 Å². The van der Waals surface area contributed by atoms with Crippen molar-refractivity contribution in [2.75, 3.05) is 26.7 Å². The van der Waals surface area contributed by atoms with Gasteiger partial charge in [0.2, 0.25) is 5.91 Å². The number of rotatable bonds is 6. The molecule has 1 aliphatic rings. The van der Waals surface area contributed by atoms with Gasteiger partial charge in [0.1, 0.15) is 6.61 Å². The van der Waals surface area contributed by atoms with Gasteiger partial charge in [0, 0.05) is 13.6 Å². The fraction of sp³-hybridized carbons (Fsp3) is 0.929. The average Bonchev–Trinajstić information content (AvgIpc) is 2.31. The molecular formula is C14H28N2O2. The molecule has 0 radical (unpaired) electrons. The Morgan fingerprint density at radius 2 is 1.89 bits per heavy atom. The molecule has 2 atom stereocenters. The molecule has 0 aromatic rings. The van der Waals surface area contributed by atoms with Crippen molar-refractivity contribution in [3.63, 3.8) is 0 Å². The number of hydrogen-bond acceptors (Lipinski definition) is 3. The summed E-state index contributed by atoms with van der Waals surface area (Å²) >= 11 is 0. The van der Waals surface area contributed by atoms with E-state index < -0.39 is 0 Å². The van der Waals surface area contributed by atoms with Crippen molar-refractivity contribution in [3.8, 4) is 0 Å². The van der Waals surface area contributed by atoms with Crippen LogP contribution in [0, 0.1) is 11.8 Å². The summed E-state index contributed by atoms with van der Waals surface area (Å²) in [6, 6.07) is 0. The Bertz CT molecular complexity index is 248. The van der Waals surface area contributed by atoms with Crippen molar-refractivity contribution in [3.05, 3.63) is 0 Å². The van der Waals surface area contributed by atoms with Crippen LogP contribution in [-0.2, 0) is 9.53 Å². The zero-order valence-corrected chi connectivity index (χ0v) is 12.0. The van der Waals surface area contributed by atoms with Crippen molar-refractivity contribution >= 4 is 5.91 Å². The van der Waals surface area contributed by atoms with Gasteiger partial charge >= 0.3 is 0 Å². The minimum atomic E-state index is 0.0642. The van der Waals surface area contributed by atoms with Crippen LogP contribution < -0.4 is 5.73 Å². The van der Waals surface area contributed by atoms with Gasteiger partial charge in [0.05, 0.1) is 6.10 Å². The summed E-state index contributed by atoms with van der Waals surface area (Å²) in [5, 5.41) is 0. The molecular weight excluding hydrogens is 228 g/mol. The molecule has 0 aromatic carbocycles. The van der Waals surface area contributed by atoms with Gasteiger partial charge in [-0.05, 0) is 44.1 Å². The summed E-state index contributed by atoms with van der Waals surface area (Å²) in [5.74, 6) is 1.49. The van der Waals surface area contributed by atoms with Gasteiger partial charge in [0.15, 0.2) is 0 Å². The molecule has 4 heteroatoms. The predicted molar refractivity (Wildman–Crippen MR) is 73.2 cm³/mol. The fourth-order valence-corrected chi connectivity index (χ4v) is 2.76. The number of carbonyl (C=O) groups excluding carboxylic acids is 1. The standard InChI is InChI=1S/C14H28N2O2/c1-11-7-12(2)9-13(8-11)18-10-14(17)16(3)6-4-5-15/h11-13H,4-10,15H2,1-3H3. The van der Waals surface area contributed by atoms with E-state index >= 15 is 0 Å². The number of amides is 1. The van der Waals surface area contributed by atoms with E-state index in [4.69, 9.17) is 10.5 Å². The van der Waals surface area contributed by atoms with Gasteiger partial charge < -0.3 is 15.4 Å². The molecule has 1 fully saturated rings. The molecule has 18 heavy (non-hydrogen) atoms. The molecule has 1 amide bonds. The van der Waals surface area contributed by atoms with Crippen molar-refractivity contribution in [1.82, 2.24) is 4.90 Å². The summed E-state index contributed by atoms with van der Waals surface area (Å²) < 4.78 is 5.76. The van der Waals surface area contributed by atoms with Crippen LogP contribution in [0.3, 0.4) is 0 Å². The summed E-state index contributed by atoms with van der Waals surface area (Å²) in [6.45, 7) is 6.08. The third-order valence-electron chi connectivity index (χ3n) is 3.70. The molecule has 1 rings (SSSR count). The highest BCUT2D eigenvalue weighted by Crippen LogP contribution is 2.30. The quantitative estimate of drug-likeness (QED) is 0.786. The number of ether oxygens (including phenoxy) is 1. The average molecular weight is 256 g/mol. The zero-order valence-electron chi connectivity index (χ0n) is 12.0. The van der Waals surface area contributed by atoms with E-state index in [0.29, 0.717) is 18.4 Å². The number of likely N-dealkylation sites (N-methyl/N-ethyl adjacent to an activating group) is 1. The minimum absolute atomic E-state index is 0.0642. The van der Waals surface area contributed by atoms with Crippen LogP contribution in [0.2, 0.25) is 0 Å². The highest BCUT2D eigenvalue weighted by Gasteiger charge is 2.25. The van der Waals surface area contributed by atoms with Crippen molar-refractivity contribution < 1.29 is 9.53 Å². The van der Waals surface area contributed by atoms with Gasteiger partial charge in [-0.15, -0.1) is 0 Å². The Morgan fingerprint density at radius 1 is 1.28 bits per heavy atom. The summed E-state index contributed by atoms with van der Waals surface area (Å²) in [7, 11) is 1.81. The smallest absolute Gasteiger partial charge is 0.248 e. The molecule has 2 N–H and O–H groups in total. The first kappa shape index (κ1) is 15.4. The molecule has 1 aliphatic carbocycles. The summed E-state index contributed by atoms with van der Waals surface area (Å²) in [5.41, 5.74) is 5.43. The van der Waals surface area contributed by atoms with E-state index in [1.54, 1.807) is 4.90 Å². The van der Waals surface area contributed by atoms with Crippen LogP contribution in [0.5, 0.6) is 0 Å². The maximum Gasteiger partial charge on any atom is 0.248 e. The van der Waals surface area contributed by atoms with Gasteiger partial charge in [-0.3, -0.25) is 4.79 Å². The van der Waals surface area contributed by atoms with Gasteiger partial charge in [-0.2, -0.15) is 0 Å². The van der Waals surface area contributed by atoms with Crippen LogP contribution in [0.25, 0.3) is 0 Å². The molecule has 106 valence electrons. The lowest BCUT2D eigenvalue weighted by molar-refractivity contribution is -0.138. The first-order valence-electron chi connectivity index (χ1n) is 7.08. The Hall–Kier alpha value is -0.610. The Balaban J connectivity index is 2.25. The lowest BCUT2D eigenvalue weighted by Crippen LogP contribution is -2.35. The number of nitrogens with two attached hydrogens (primary N) is 1. The number of nitrogens with zero attached hydrogens (tertiary/aromatic N) is 1. The van der Waals surface area contributed by atoms with Crippen molar-refractivity contribution in [2.24, 2.45) is 17.6 Å². The third-order valence-corrected chi connectivity index (χ3v) is 3.70. The topological polar surface area (TPSA) is 55.6 Å². The molecule has 0 saturated heterocycles. The molecule has 0 heterocycles. The zero-order chi connectivity index (χ0) is 13.5. The molecule has 4 nitrogen and oxygen atoms in total. The van der Waals surface area contributed by atoms with Gasteiger partial charge in [-0.25, -0.2) is 0 Å². The van der Waals surface area contributed by atoms with E-state index in [9.17, 15) is 4.79 Å². The van der Waals surface area contributed by atoms with Crippen molar-refractivity contribution in [1.29, 1.82) is 0 Å². The third kappa shape index (κ3) is 5.36. The molecule has 2 unspecified atom stereocenters. The van der Waals surface area contributed by atoms with Crippen LogP contribution in [0.4, 0.5) is 0 Å². The number of carbonyl (C=O) groups is 1. The molecule has 0 spiro atoms. The lowest BCUT2D eigenvalue weighted by atomic mass is 9.82. The predicted octanol–water partition coefficient (Wildman–Crippen LogP) is 1.63. The second-order valence-electron chi connectivity index (χ2n) is 5.81. The molecule has 0 bridgehead atoms.